The first kappa shape index (κ1) is 21.5. The highest BCUT2D eigenvalue weighted by molar-refractivity contribution is 5.81. The number of nitro groups is 2. The van der Waals surface area contributed by atoms with E-state index in [0.29, 0.717) is 17.2 Å². The number of aromatic nitrogens is 3. The van der Waals surface area contributed by atoms with Gasteiger partial charge in [0.15, 0.2) is 0 Å². The van der Waals surface area contributed by atoms with Crippen LogP contribution >= 0.6 is 0 Å². The summed E-state index contributed by atoms with van der Waals surface area (Å²) in [6.45, 7) is 1.63. The molecule has 0 aliphatic carbocycles. The van der Waals surface area contributed by atoms with Crippen molar-refractivity contribution in [1.29, 1.82) is 0 Å². The number of nitrogens with one attached hydrogen (secondary N) is 2. The lowest BCUT2D eigenvalue weighted by molar-refractivity contribution is -0.385. The lowest BCUT2D eigenvalue weighted by atomic mass is 10.2. The van der Waals surface area contributed by atoms with Gasteiger partial charge >= 0.3 is 0 Å². The van der Waals surface area contributed by atoms with Gasteiger partial charge in [-0.15, -0.1) is 0 Å². The molecule has 13 nitrogen and oxygen atoms in total. The molecule has 0 radical (unpaired) electrons. The zero-order chi connectivity index (χ0) is 23.2. The molecule has 2 aromatic carbocycles. The molecule has 3 aromatic rings. The minimum absolute atomic E-state index is 0.0215. The van der Waals surface area contributed by atoms with Gasteiger partial charge in [-0.3, -0.25) is 20.2 Å². The van der Waals surface area contributed by atoms with Crippen molar-refractivity contribution in [2.24, 2.45) is 5.10 Å². The summed E-state index contributed by atoms with van der Waals surface area (Å²) in [6, 6.07) is 11.9. The Bertz CT molecular complexity index is 1190. The smallest absolute Gasteiger partial charge is 0.270 e. The minimum Gasteiger partial charge on any atom is -0.341 e. The summed E-state index contributed by atoms with van der Waals surface area (Å²) in [5.41, 5.74) is 3.79. The maximum Gasteiger partial charge on any atom is 0.270 e. The first-order valence-electron chi connectivity index (χ1n) is 10.0. The molecular formula is C20H19N9O4. The largest absolute Gasteiger partial charge is 0.341 e. The predicted octanol–water partition coefficient (Wildman–Crippen LogP) is 3.48. The van der Waals surface area contributed by atoms with Crippen LogP contribution in [0.15, 0.2) is 53.6 Å². The summed E-state index contributed by atoms with van der Waals surface area (Å²) in [6.07, 6.45) is 3.49. The molecule has 0 unspecified atom stereocenters. The van der Waals surface area contributed by atoms with E-state index in [9.17, 15) is 20.2 Å². The number of rotatable bonds is 8. The van der Waals surface area contributed by atoms with Crippen LogP contribution in [0.4, 0.5) is 34.9 Å². The van der Waals surface area contributed by atoms with Gasteiger partial charge in [-0.05, 0) is 25.0 Å². The second-order valence-corrected chi connectivity index (χ2v) is 7.13. The van der Waals surface area contributed by atoms with Crippen LogP contribution in [0.2, 0.25) is 0 Å². The number of nitrogens with zero attached hydrogens (tertiary/aromatic N) is 7. The molecule has 0 atom stereocenters. The monoisotopic (exact) mass is 449 g/mol. The van der Waals surface area contributed by atoms with Crippen molar-refractivity contribution in [3.05, 3.63) is 74.3 Å². The van der Waals surface area contributed by atoms with Crippen LogP contribution in [0.25, 0.3) is 0 Å². The fraction of sp³-hybridized carbons (Fsp3) is 0.200. The lowest BCUT2D eigenvalue weighted by Crippen LogP contribution is -2.21. The molecule has 1 aromatic heterocycles. The molecule has 1 saturated heterocycles. The van der Waals surface area contributed by atoms with Crippen LogP contribution in [0, 0.1) is 20.2 Å². The fourth-order valence-corrected chi connectivity index (χ4v) is 3.21. The Morgan fingerprint density at radius 3 is 2.30 bits per heavy atom. The Morgan fingerprint density at radius 2 is 1.61 bits per heavy atom. The molecular weight excluding hydrogens is 430 g/mol. The van der Waals surface area contributed by atoms with Gasteiger partial charge in [0.25, 0.3) is 11.4 Å². The van der Waals surface area contributed by atoms with Crippen molar-refractivity contribution in [2.75, 3.05) is 28.7 Å². The third-order valence-electron chi connectivity index (χ3n) is 4.81. The summed E-state index contributed by atoms with van der Waals surface area (Å²) in [7, 11) is 0. The Hall–Kier alpha value is -4.68. The number of nitro benzene ring substituents is 2. The molecule has 168 valence electrons. The molecule has 0 bridgehead atoms. The van der Waals surface area contributed by atoms with E-state index in [-0.39, 0.29) is 23.3 Å². The van der Waals surface area contributed by atoms with Crippen molar-refractivity contribution >= 4 is 41.1 Å². The third kappa shape index (κ3) is 5.52. The second-order valence-electron chi connectivity index (χ2n) is 7.13. The Balaban J connectivity index is 1.55. The van der Waals surface area contributed by atoms with E-state index in [2.05, 4.69) is 30.8 Å². The first-order chi connectivity index (χ1) is 16.0. The Labute approximate surface area is 187 Å². The van der Waals surface area contributed by atoms with Gasteiger partial charge in [-0.1, -0.05) is 12.1 Å². The molecule has 33 heavy (non-hydrogen) atoms. The zero-order valence-corrected chi connectivity index (χ0v) is 17.3. The van der Waals surface area contributed by atoms with Crippen LogP contribution in [0.1, 0.15) is 18.4 Å². The van der Waals surface area contributed by atoms with Crippen molar-refractivity contribution in [2.45, 2.75) is 12.8 Å². The standard InChI is InChI=1S/C20H19N9O4/c30-28(31)16-8-6-15(7-9-16)22-18-23-19(25-20(24-18)27-10-1-2-11-27)26-21-13-14-4-3-5-17(12-14)29(32)33/h3-9,12-13H,1-2,10-11H2,(H2,22,23,24,25,26). The average molecular weight is 449 g/mol. The van der Waals surface area contributed by atoms with E-state index in [1.807, 2.05) is 4.90 Å². The minimum atomic E-state index is -0.477. The zero-order valence-electron chi connectivity index (χ0n) is 17.3. The number of anilines is 4. The SMILES string of the molecule is O=[N+]([O-])c1ccc(Nc2nc(NN=Cc3cccc([N+](=O)[O-])c3)nc(N3CCCC3)n2)cc1. The van der Waals surface area contributed by atoms with Crippen LogP contribution < -0.4 is 15.6 Å². The van der Waals surface area contributed by atoms with Gasteiger partial charge in [0.1, 0.15) is 0 Å². The summed E-state index contributed by atoms with van der Waals surface area (Å²) in [5, 5.41) is 28.9. The Kier molecular flexibility index (Phi) is 6.29. The molecule has 13 heteroatoms. The normalized spacial score (nSPS) is 13.3. The van der Waals surface area contributed by atoms with Gasteiger partial charge in [-0.2, -0.15) is 20.1 Å². The molecule has 1 aliphatic rings. The van der Waals surface area contributed by atoms with E-state index in [4.69, 9.17) is 0 Å². The summed E-state index contributed by atoms with van der Waals surface area (Å²) in [5.74, 6) is 0.895. The van der Waals surface area contributed by atoms with Gasteiger partial charge in [0.2, 0.25) is 17.8 Å². The second kappa shape index (κ2) is 9.64. The van der Waals surface area contributed by atoms with Crippen molar-refractivity contribution in [1.82, 2.24) is 15.0 Å². The van der Waals surface area contributed by atoms with Crippen molar-refractivity contribution in [3.63, 3.8) is 0 Å². The van der Waals surface area contributed by atoms with Crippen LogP contribution in [0.5, 0.6) is 0 Å². The summed E-state index contributed by atoms with van der Waals surface area (Å²) >= 11 is 0. The van der Waals surface area contributed by atoms with Gasteiger partial charge < -0.3 is 10.2 Å². The van der Waals surface area contributed by atoms with E-state index in [1.54, 1.807) is 24.3 Å². The molecule has 0 spiro atoms. The first-order valence-corrected chi connectivity index (χ1v) is 10.0. The van der Waals surface area contributed by atoms with Crippen molar-refractivity contribution in [3.8, 4) is 0 Å². The molecule has 2 heterocycles. The molecule has 1 fully saturated rings. The highest BCUT2D eigenvalue weighted by Crippen LogP contribution is 2.22. The highest BCUT2D eigenvalue weighted by atomic mass is 16.6. The Morgan fingerprint density at radius 1 is 0.909 bits per heavy atom. The molecule has 0 amide bonds. The van der Waals surface area contributed by atoms with E-state index >= 15 is 0 Å². The van der Waals surface area contributed by atoms with Crippen LogP contribution in [-0.2, 0) is 0 Å². The number of hydrogen-bond acceptors (Lipinski definition) is 11. The summed E-state index contributed by atoms with van der Waals surface area (Å²) in [4.78, 5) is 36.0. The number of hydrazone groups is 1. The number of hydrogen-bond donors (Lipinski definition) is 2. The van der Waals surface area contributed by atoms with Crippen LogP contribution in [-0.4, -0.2) is 44.1 Å². The predicted molar refractivity (Wildman–Crippen MR) is 122 cm³/mol. The molecule has 1 aliphatic heterocycles. The molecule has 4 rings (SSSR count). The van der Waals surface area contributed by atoms with E-state index in [1.165, 1.54) is 30.5 Å². The maximum atomic E-state index is 10.9. The van der Waals surface area contributed by atoms with Crippen LogP contribution in [0.3, 0.4) is 0 Å². The number of benzene rings is 2. The number of non-ortho nitro benzene ring substituents is 2. The quantitative estimate of drug-likeness (QED) is 0.295. The summed E-state index contributed by atoms with van der Waals surface area (Å²) < 4.78 is 0. The average Bonchev–Trinajstić information content (AvgIpc) is 3.35. The van der Waals surface area contributed by atoms with E-state index in [0.717, 1.165) is 25.9 Å². The maximum absolute atomic E-state index is 10.9. The van der Waals surface area contributed by atoms with Gasteiger partial charge in [0.05, 0.1) is 16.1 Å². The lowest BCUT2D eigenvalue weighted by Gasteiger charge is -2.16. The van der Waals surface area contributed by atoms with Gasteiger partial charge in [0, 0.05) is 48.6 Å². The fourth-order valence-electron chi connectivity index (χ4n) is 3.21. The van der Waals surface area contributed by atoms with Crippen molar-refractivity contribution < 1.29 is 9.85 Å². The third-order valence-corrected chi connectivity index (χ3v) is 4.81. The van der Waals surface area contributed by atoms with E-state index < -0.39 is 9.85 Å². The molecule has 2 N–H and O–H groups in total. The highest BCUT2D eigenvalue weighted by Gasteiger charge is 2.18. The van der Waals surface area contributed by atoms with Gasteiger partial charge in [-0.25, -0.2) is 5.43 Å². The molecule has 0 saturated carbocycles. The topological polar surface area (TPSA) is 165 Å².